The van der Waals surface area contributed by atoms with E-state index in [1.165, 1.54) is 12.1 Å². The lowest BCUT2D eigenvalue weighted by molar-refractivity contribution is -0.129. The molecule has 152 valence electrons. The molecule has 2 atom stereocenters. The highest BCUT2D eigenvalue weighted by Gasteiger charge is 2.49. The van der Waals surface area contributed by atoms with Crippen LogP contribution in [-0.2, 0) is 16.1 Å². The highest BCUT2D eigenvalue weighted by atomic mass is 19.3. The minimum absolute atomic E-state index is 0.00118. The number of halogens is 2. The quantitative estimate of drug-likeness (QED) is 0.767. The van der Waals surface area contributed by atoms with E-state index in [1.54, 1.807) is 21.9 Å². The van der Waals surface area contributed by atoms with Gasteiger partial charge in [-0.3, -0.25) is 4.79 Å². The number of carbonyl (C=O) groups excluding carboxylic acids is 2. The van der Waals surface area contributed by atoms with Gasteiger partial charge in [0.1, 0.15) is 11.9 Å². The van der Waals surface area contributed by atoms with Crippen molar-refractivity contribution >= 4 is 12.0 Å². The van der Waals surface area contributed by atoms with Crippen molar-refractivity contribution in [1.29, 1.82) is 0 Å². The summed E-state index contributed by atoms with van der Waals surface area (Å²) in [7, 11) is 0. The van der Waals surface area contributed by atoms with Crippen LogP contribution in [0.1, 0.15) is 44.1 Å². The number of alkyl halides is 2. The van der Waals surface area contributed by atoms with Crippen LogP contribution in [0.3, 0.4) is 0 Å². The highest BCUT2D eigenvalue weighted by molar-refractivity contribution is 5.82. The van der Waals surface area contributed by atoms with Crippen LogP contribution >= 0.6 is 0 Å². The van der Waals surface area contributed by atoms with Crippen molar-refractivity contribution < 1.29 is 27.8 Å². The van der Waals surface area contributed by atoms with Gasteiger partial charge in [-0.25, -0.2) is 4.79 Å². The summed E-state index contributed by atoms with van der Waals surface area (Å²) in [5.41, 5.74) is 0.836. The molecule has 0 spiro atoms. The Balaban J connectivity index is 1.37. The molecule has 0 radical (unpaired) electrons. The third-order valence-electron chi connectivity index (χ3n) is 5.92. The zero-order valence-electron chi connectivity index (χ0n) is 15.6. The van der Waals surface area contributed by atoms with Gasteiger partial charge in [0.15, 0.2) is 0 Å². The van der Waals surface area contributed by atoms with E-state index in [2.05, 4.69) is 4.74 Å². The van der Waals surface area contributed by atoms with Crippen molar-refractivity contribution in [3.63, 3.8) is 0 Å². The van der Waals surface area contributed by atoms with E-state index in [0.29, 0.717) is 19.5 Å². The van der Waals surface area contributed by atoms with Crippen LogP contribution in [0.5, 0.6) is 5.75 Å². The number of hydrogen-bond donors (Lipinski definition) is 0. The van der Waals surface area contributed by atoms with Crippen LogP contribution in [-0.4, -0.2) is 53.1 Å². The van der Waals surface area contributed by atoms with E-state index in [9.17, 15) is 18.4 Å². The molecule has 28 heavy (non-hydrogen) atoms. The van der Waals surface area contributed by atoms with E-state index in [-0.39, 0.29) is 35.9 Å². The predicted octanol–water partition coefficient (Wildman–Crippen LogP) is 3.54. The van der Waals surface area contributed by atoms with Crippen molar-refractivity contribution in [2.45, 2.75) is 69.9 Å². The van der Waals surface area contributed by atoms with Crippen LogP contribution in [0.2, 0.25) is 0 Å². The smallest absolute Gasteiger partial charge is 0.410 e. The Kier molecular flexibility index (Phi) is 5.37. The zero-order valence-corrected chi connectivity index (χ0v) is 15.6. The predicted molar refractivity (Wildman–Crippen MR) is 95.9 cm³/mol. The van der Waals surface area contributed by atoms with Crippen LogP contribution in [0.4, 0.5) is 13.6 Å². The number of hydrogen-bond acceptors (Lipinski definition) is 4. The van der Waals surface area contributed by atoms with Gasteiger partial charge in [0, 0.05) is 19.5 Å². The summed E-state index contributed by atoms with van der Waals surface area (Å²) in [5.74, 6) is 0.0901. The monoisotopic (exact) mass is 394 g/mol. The van der Waals surface area contributed by atoms with Gasteiger partial charge in [-0.05, 0) is 49.8 Å². The number of likely N-dealkylation sites (tertiary alicyclic amines) is 2. The second-order valence-corrected chi connectivity index (χ2v) is 7.66. The van der Waals surface area contributed by atoms with E-state index in [1.807, 2.05) is 0 Å². The number of fused-ring (bicyclic) bond motifs is 1. The number of nitrogens with zero attached hydrogens (tertiary/aromatic N) is 2. The number of rotatable bonds is 5. The molecule has 0 N–H and O–H groups in total. The van der Waals surface area contributed by atoms with Gasteiger partial charge in [-0.1, -0.05) is 12.1 Å². The molecule has 6 nitrogen and oxygen atoms in total. The molecule has 2 saturated heterocycles. The fourth-order valence-electron chi connectivity index (χ4n) is 4.55. The Morgan fingerprint density at radius 1 is 1.11 bits per heavy atom. The van der Waals surface area contributed by atoms with Crippen molar-refractivity contribution in [3.05, 3.63) is 29.8 Å². The molecule has 0 bridgehead atoms. The molecule has 1 aromatic carbocycles. The topological polar surface area (TPSA) is 59.1 Å². The van der Waals surface area contributed by atoms with Crippen molar-refractivity contribution in [3.8, 4) is 5.75 Å². The lowest BCUT2D eigenvalue weighted by Gasteiger charge is -2.26. The Labute approximate surface area is 162 Å². The standard InChI is InChI=1S/C20H24F2N2O4/c21-19(22)27-15-7-5-13(6-8-15)12-24-16-9-10-23(17(16)11-18(24)25)20(26)28-14-3-1-2-4-14/h5-8,14,16-17,19H,1-4,9-12H2/t16-,17-/m0/s1. The summed E-state index contributed by atoms with van der Waals surface area (Å²) >= 11 is 0. The minimum atomic E-state index is -2.86. The van der Waals surface area contributed by atoms with Crippen LogP contribution in [0.15, 0.2) is 24.3 Å². The number of ether oxygens (including phenoxy) is 2. The van der Waals surface area contributed by atoms with Crippen molar-refractivity contribution in [2.75, 3.05) is 6.54 Å². The molecule has 0 aromatic heterocycles. The van der Waals surface area contributed by atoms with E-state index in [0.717, 1.165) is 37.7 Å². The van der Waals surface area contributed by atoms with Gasteiger partial charge in [0.05, 0.1) is 12.1 Å². The maximum Gasteiger partial charge on any atom is 0.410 e. The molecule has 8 heteroatoms. The summed E-state index contributed by atoms with van der Waals surface area (Å²) in [5, 5.41) is 0. The van der Waals surface area contributed by atoms with Gasteiger partial charge in [-0.2, -0.15) is 8.78 Å². The Morgan fingerprint density at radius 2 is 1.82 bits per heavy atom. The number of amides is 2. The Bertz CT molecular complexity index is 721. The molecule has 2 aliphatic heterocycles. The van der Waals surface area contributed by atoms with Gasteiger partial charge >= 0.3 is 12.7 Å². The molecular weight excluding hydrogens is 370 g/mol. The Morgan fingerprint density at radius 3 is 2.50 bits per heavy atom. The first-order valence-electron chi connectivity index (χ1n) is 9.82. The van der Waals surface area contributed by atoms with Crippen LogP contribution in [0, 0.1) is 0 Å². The zero-order chi connectivity index (χ0) is 19.7. The SMILES string of the molecule is O=C1C[C@H]2[C@H](CCN2C(=O)OC2CCCC2)N1Cc1ccc(OC(F)F)cc1. The molecule has 2 heterocycles. The first-order chi connectivity index (χ1) is 13.5. The van der Waals surface area contributed by atoms with E-state index >= 15 is 0 Å². The second-order valence-electron chi connectivity index (χ2n) is 7.66. The van der Waals surface area contributed by atoms with Crippen LogP contribution in [0.25, 0.3) is 0 Å². The summed E-state index contributed by atoms with van der Waals surface area (Å²) in [6, 6.07) is 6.13. The number of benzene rings is 1. The lowest BCUT2D eigenvalue weighted by Crippen LogP contribution is -2.40. The summed E-state index contributed by atoms with van der Waals surface area (Å²) in [6.07, 6.45) is 4.76. The highest BCUT2D eigenvalue weighted by Crippen LogP contribution is 2.35. The van der Waals surface area contributed by atoms with E-state index < -0.39 is 6.61 Å². The van der Waals surface area contributed by atoms with Gasteiger partial charge in [0.25, 0.3) is 0 Å². The summed E-state index contributed by atoms with van der Waals surface area (Å²) in [4.78, 5) is 28.6. The largest absolute Gasteiger partial charge is 0.446 e. The minimum Gasteiger partial charge on any atom is -0.446 e. The van der Waals surface area contributed by atoms with Gasteiger partial charge < -0.3 is 19.3 Å². The normalized spacial score (nSPS) is 24.9. The molecule has 1 aromatic rings. The van der Waals surface area contributed by atoms with Crippen LogP contribution < -0.4 is 4.74 Å². The second kappa shape index (κ2) is 7.93. The molecule has 1 aliphatic carbocycles. The van der Waals surface area contributed by atoms with Gasteiger partial charge in [0.2, 0.25) is 5.91 Å². The van der Waals surface area contributed by atoms with E-state index in [4.69, 9.17) is 4.74 Å². The molecule has 3 fully saturated rings. The average molecular weight is 394 g/mol. The Hall–Kier alpha value is -2.38. The molecule has 0 unspecified atom stereocenters. The third-order valence-corrected chi connectivity index (χ3v) is 5.92. The maximum absolute atomic E-state index is 12.5. The molecule has 1 saturated carbocycles. The third kappa shape index (κ3) is 3.91. The van der Waals surface area contributed by atoms with Gasteiger partial charge in [-0.15, -0.1) is 0 Å². The molecule has 2 amide bonds. The lowest BCUT2D eigenvalue weighted by atomic mass is 10.1. The number of carbonyl (C=O) groups is 2. The molecule has 4 rings (SSSR count). The van der Waals surface area contributed by atoms with Crippen molar-refractivity contribution in [1.82, 2.24) is 9.80 Å². The fourth-order valence-corrected chi connectivity index (χ4v) is 4.55. The van der Waals surface area contributed by atoms with Crippen molar-refractivity contribution in [2.24, 2.45) is 0 Å². The average Bonchev–Trinajstić information content (AvgIpc) is 3.35. The molecular formula is C20H24F2N2O4. The summed E-state index contributed by atoms with van der Waals surface area (Å²) in [6.45, 7) is -1.88. The first kappa shape index (κ1) is 19.0. The molecule has 3 aliphatic rings. The first-order valence-corrected chi connectivity index (χ1v) is 9.82. The summed E-state index contributed by atoms with van der Waals surface area (Å²) < 4.78 is 34.5. The maximum atomic E-state index is 12.5. The fraction of sp³-hybridized carbons (Fsp3) is 0.600.